The summed E-state index contributed by atoms with van der Waals surface area (Å²) in [5, 5.41) is 0. The fraction of sp³-hybridized carbons (Fsp3) is 0. The van der Waals surface area contributed by atoms with Crippen LogP contribution in [0, 0.1) is 0 Å². The highest BCUT2D eigenvalue weighted by Crippen LogP contribution is 1.99. The summed E-state index contributed by atoms with van der Waals surface area (Å²) in [4.78, 5) is 0. The second-order valence-electron chi connectivity index (χ2n) is 1.73. The van der Waals surface area contributed by atoms with Crippen molar-refractivity contribution in [2.45, 2.75) is 0 Å². The van der Waals surface area contributed by atoms with Crippen LogP contribution in [0.15, 0.2) is 0 Å². The standard InChI is InChI=1S/7Al.21ClH/h;;;;;;;21*1H/q7*+3;;;;;;;;;;;;;;;;;;;;;/p-21. The van der Waals surface area contributed by atoms with Crippen LogP contribution in [-0.4, -0.2) is 79.7 Å². The smallest absolute Gasteiger partial charge is 0.214 e. The van der Waals surface area contributed by atoms with Gasteiger partial charge in [-0.15, -0.1) is 0 Å². The molecule has 0 aliphatic carbocycles. The van der Waals surface area contributed by atoms with Crippen molar-refractivity contribution >= 4 is 291 Å². The number of hydrogen-bond donors (Lipinski definition) is 0. The molecule has 0 amide bonds. The Labute approximate surface area is 283 Å². The molecule has 0 radical (unpaired) electrons. The van der Waals surface area contributed by atoms with Gasteiger partial charge < -0.3 is 0 Å². The van der Waals surface area contributed by atoms with Crippen molar-refractivity contribution in [2.75, 3.05) is 0 Å². The van der Waals surface area contributed by atoms with Crippen LogP contribution in [0.25, 0.3) is 0 Å². The lowest BCUT2D eigenvalue weighted by molar-refractivity contribution is 4.07. The first-order valence-corrected chi connectivity index (χ1v) is 41.2. The van der Waals surface area contributed by atoms with Gasteiger partial charge in [-0.2, -0.15) is 0 Å². The number of hydrogen-bond acceptors (Lipinski definition) is 0. The lowest BCUT2D eigenvalue weighted by Crippen LogP contribution is -1.66. The Bertz CT molecular complexity index is 115. The Balaban J connectivity index is -0.0000000367. The van der Waals surface area contributed by atoms with Crippen LogP contribution in [0.3, 0.4) is 0 Å². The maximum Gasteiger partial charge on any atom is 0.643 e. The molecule has 0 nitrogen and oxygen atoms in total. The quantitative estimate of drug-likeness (QED) is 0.212. The SMILES string of the molecule is [Cl][Al]([Cl])[Cl].[Cl][Al]([Cl])[Cl].[Cl][Al]([Cl])[Cl].[Cl][Al]([Cl])[Cl].[Cl][Al]([Cl])[Cl].[Cl][Al]([Cl])[Cl].[Cl][Al]([Cl])[Cl]. The molecule has 28 heteroatoms. The molecule has 0 aromatic carbocycles. The monoisotopic (exact) mass is 923 g/mol. The van der Waals surface area contributed by atoms with Crippen molar-refractivity contribution in [2.24, 2.45) is 0 Å². The lowest BCUT2D eigenvalue weighted by atomic mass is 26.6. The first kappa shape index (κ1) is 54.0. The summed E-state index contributed by atoms with van der Waals surface area (Å²) in [6.45, 7) is 0. The number of halogens is 21. The Kier molecular flexibility index (Phi) is 95.9. The van der Waals surface area contributed by atoms with Gasteiger partial charge in [-0.1, -0.05) is 0 Å². The van der Waals surface area contributed by atoms with E-state index in [2.05, 4.69) is 0 Å². The van der Waals surface area contributed by atoms with Crippen LogP contribution in [0.5, 0.6) is 0 Å². The molecule has 0 N–H and O–H groups in total. The molecule has 0 aliphatic heterocycles. The highest BCUT2D eigenvalue weighted by molar-refractivity contribution is 7.56. The third-order valence-electron chi connectivity index (χ3n) is 0. The van der Waals surface area contributed by atoms with Crippen LogP contribution in [0.4, 0.5) is 0 Å². The van der Waals surface area contributed by atoms with Crippen LogP contribution < -0.4 is 0 Å². The predicted octanol–water partition coefficient (Wildman–Crippen LogP) is 11.8. The van der Waals surface area contributed by atoms with Crippen molar-refractivity contribution < 1.29 is 0 Å². The van der Waals surface area contributed by atoms with Crippen molar-refractivity contribution in [1.29, 1.82) is 0 Å². The Morgan fingerprint density at radius 3 is 0.143 bits per heavy atom. The van der Waals surface area contributed by atoms with Gasteiger partial charge in [0.15, 0.2) is 0 Å². The Morgan fingerprint density at radius 1 is 0.143 bits per heavy atom. The van der Waals surface area contributed by atoms with E-state index in [9.17, 15) is 0 Å². The minimum Gasteiger partial charge on any atom is -0.214 e. The highest BCUT2D eigenvalue weighted by atomic mass is 35.8. The largest absolute Gasteiger partial charge is 0.643 e. The first-order valence-electron chi connectivity index (χ1n) is 4.58. The summed E-state index contributed by atoms with van der Waals surface area (Å²) in [7, 11) is 104. The van der Waals surface area contributed by atoms with E-state index in [0.29, 0.717) is 0 Å². The zero-order valence-corrected chi connectivity index (χ0v) is 35.9. The van der Waals surface area contributed by atoms with Gasteiger partial charge in [-0.3, -0.25) is 0 Å². The molecule has 28 heavy (non-hydrogen) atoms. The van der Waals surface area contributed by atoms with Crippen molar-refractivity contribution in [1.82, 2.24) is 0 Å². The van der Waals surface area contributed by atoms with Gasteiger partial charge in [0.2, 0.25) is 0 Å². The average Bonchev–Trinajstić information content (AvgIpc) is 2.20. The minimum atomic E-state index is -1.72. The first-order chi connectivity index (χ1) is 12.1. The molecule has 0 fully saturated rings. The van der Waals surface area contributed by atoms with E-state index >= 15 is 0 Å². The van der Waals surface area contributed by atoms with E-state index in [1.807, 2.05) is 0 Å². The third-order valence-corrected chi connectivity index (χ3v) is 0. The van der Waals surface area contributed by atoms with Gasteiger partial charge in [0, 0.05) is 0 Å². The van der Waals surface area contributed by atoms with Gasteiger partial charge in [0.25, 0.3) is 0 Å². The predicted molar refractivity (Wildman–Crippen MR) is 163 cm³/mol. The van der Waals surface area contributed by atoms with E-state index in [1.54, 1.807) is 0 Å². The molecule has 0 aliphatic rings. The van der Waals surface area contributed by atoms with E-state index in [-0.39, 0.29) is 0 Å². The fourth-order valence-corrected chi connectivity index (χ4v) is 0. The van der Waals surface area contributed by atoms with E-state index in [0.717, 1.165) is 0 Å². The maximum atomic E-state index is 4.94. The summed E-state index contributed by atoms with van der Waals surface area (Å²) < 4.78 is 0. The summed E-state index contributed by atoms with van der Waals surface area (Å²) in [6.07, 6.45) is 0. The molecular formula is Al7Cl21. The summed E-state index contributed by atoms with van der Waals surface area (Å²) in [5.74, 6) is 0. The minimum absolute atomic E-state index is 1.72. The fourth-order valence-electron chi connectivity index (χ4n) is 0. The summed E-state index contributed by atoms with van der Waals surface area (Å²) in [5.41, 5.74) is 0. The Morgan fingerprint density at radius 2 is 0.143 bits per heavy atom. The van der Waals surface area contributed by atoms with E-state index < -0.39 is 79.7 Å². The van der Waals surface area contributed by atoms with Crippen molar-refractivity contribution in [3.63, 3.8) is 0 Å². The van der Waals surface area contributed by atoms with Crippen LogP contribution in [0.2, 0.25) is 0 Å². The molecule has 0 bridgehead atoms. The zero-order valence-electron chi connectivity index (χ0n) is 12.0. The zero-order chi connectivity index (χ0) is 25.0. The molecule has 0 rings (SSSR count). The van der Waals surface area contributed by atoms with Crippen LogP contribution in [-0.2, 0) is 0 Å². The summed E-state index contributed by atoms with van der Waals surface area (Å²) in [6, 6.07) is 0. The second kappa shape index (κ2) is 49.7. The van der Waals surface area contributed by atoms with Gasteiger partial charge >= 0.3 is 79.7 Å². The molecule has 0 aromatic rings. The summed E-state index contributed by atoms with van der Waals surface area (Å²) >= 11 is -12.1. The van der Waals surface area contributed by atoms with E-state index in [4.69, 9.17) is 211 Å². The lowest BCUT2D eigenvalue weighted by Gasteiger charge is -1.57. The molecule has 0 atom stereocenters. The highest BCUT2D eigenvalue weighted by Gasteiger charge is 2.02. The normalized spacial score (nSPS) is 6.75. The van der Waals surface area contributed by atoms with Gasteiger partial charge in [0.05, 0.1) is 0 Å². The number of rotatable bonds is 0. The molecule has 0 saturated carbocycles. The second-order valence-corrected chi connectivity index (χ2v) is 46.8. The molecule has 0 saturated heterocycles. The molecule has 0 spiro atoms. The van der Waals surface area contributed by atoms with Gasteiger partial charge in [0.1, 0.15) is 0 Å². The molecule has 0 aromatic heterocycles. The molecular weight excluding hydrogens is 933 g/mol. The van der Waals surface area contributed by atoms with Crippen LogP contribution >= 0.6 is 211 Å². The van der Waals surface area contributed by atoms with E-state index in [1.165, 1.54) is 0 Å². The molecule has 0 unspecified atom stereocenters. The maximum absolute atomic E-state index is 4.94. The Hall–Kier alpha value is 9.82. The molecule has 0 heterocycles. The van der Waals surface area contributed by atoms with Crippen molar-refractivity contribution in [3.8, 4) is 0 Å². The molecule has 168 valence electrons. The average molecular weight is 933 g/mol. The van der Waals surface area contributed by atoms with Crippen molar-refractivity contribution in [3.05, 3.63) is 0 Å². The van der Waals surface area contributed by atoms with Crippen LogP contribution in [0.1, 0.15) is 0 Å². The van der Waals surface area contributed by atoms with Gasteiger partial charge in [-0.05, 0) is 0 Å². The topological polar surface area (TPSA) is 0 Å². The van der Waals surface area contributed by atoms with Gasteiger partial charge in [-0.25, -0.2) is 211 Å². The third kappa shape index (κ3) is 451.